The van der Waals surface area contributed by atoms with Crippen molar-refractivity contribution in [2.75, 3.05) is 7.05 Å². The van der Waals surface area contributed by atoms with E-state index >= 15 is 0 Å². The minimum Gasteiger partial charge on any atom is -0.337 e. The molecular formula is C20H20BrN3O2S. The molecule has 0 radical (unpaired) electrons. The third-order valence-corrected chi connectivity index (χ3v) is 5.57. The summed E-state index contributed by atoms with van der Waals surface area (Å²) in [6, 6.07) is 15.8. The number of carbonyl (C=O) groups excluding carboxylic acids is 1. The number of carbonyl (C=O) groups is 1. The predicted molar refractivity (Wildman–Crippen MR) is 110 cm³/mol. The van der Waals surface area contributed by atoms with Gasteiger partial charge in [-0.25, -0.2) is 0 Å². The number of nitrogens with zero attached hydrogens (tertiary/aromatic N) is 3. The Balaban J connectivity index is 1.61. The first-order valence-electron chi connectivity index (χ1n) is 8.49. The molecule has 1 heterocycles. The van der Waals surface area contributed by atoms with E-state index in [1.807, 2.05) is 62.4 Å². The lowest BCUT2D eigenvalue weighted by Gasteiger charge is -2.19. The highest BCUT2D eigenvalue weighted by Crippen LogP contribution is 2.25. The minimum absolute atomic E-state index is 0.0165. The van der Waals surface area contributed by atoms with Gasteiger partial charge in [0.15, 0.2) is 0 Å². The number of hydrogen-bond acceptors (Lipinski definition) is 5. The molecule has 1 amide bonds. The van der Waals surface area contributed by atoms with Gasteiger partial charge in [0.2, 0.25) is 17.6 Å². The minimum atomic E-state index is -0.204. The zero-order chi connectivity index (χ0) is 19.4. The molecule has 0 saturated heterocycles. The molecule has 0 fully saturated rings. The molecule has 0 aliphatic heterocycles. The first kappa shape index (κ1) is 19.6. The van der Waals surface area contributed by atoms with Crippen LogP contribution in [0.2, 0.25) is 0 Å². The molecule has 1 aromatic heterocycles. The zero-order valence-electron chi connectivity index (χ0n) is 15.3. The Morgan fingerprint density at radius 2 is 2.00 bits per heavy atom. The summed E-state index contributed by atoms with van der Waals surface area (Å²) in [5.41, 5.74) is 2.06. The van der Waals surface area contributed by atoms with Crippen molar-refractivity contribution in [1.29, 1.82) is 0 Å². The maximum Gasteiger partial charge on any atom is 0.246 e. The SMILES string of the molecule is Cc1ccc(SC(C)C(=O)N(C)Cc2nc(-c3cccc(Br)c3)no2)cc1. The average molecular weight is 446 g/mol. The van der Waals surface area contributed by atoms with E-state index < -0.39 is 0 Å². The van der Waals surface area contributed by atoms with E-state index in [0.29, 0.717) is 11.7 Å². The summed E-state index contributed by atoms with van der Waals surface area (Å²) in [5, 5.41) is 3.81. The van der Waals surface area contributed by atoms with Gasteiger partial charge in [-0.1, -0.05) is 50.9 Å². The molecule has 0 aliphatic carbocycles. The van der Waals surface area contributed by atoms with Gasteiger partial charge in [-0.15, -0.1) is 11.8 Å². The number of aromatic nitrogens is 2. The quantitative estimate of drug-likeness (QED) is 0.502. The summed E-state index contributed by atoms with van der Waals surface area (Å²) in [5.74, 6) is 0.936. The largest absolute Gasteiger partial charge is 0.337 e. The van der Waals surface area contributed by atoms with Crippen LogP contribution in [0.25, 0.3) is 11.4 Å². The molecule has 3 aromatic rings. The second-order valence-corrected chi connectivity index (χ2v) is 8.62. The van der Waals surface area contributed by atoms with Crippen LogP contribution >= 0.6 is 27.7 Å². The third kappa shape index (κ3) is 5.20. The van der Waals surface area contributed by atoms with Crippen LogP contribution in [0.5, 0.6) is 0 Å². The van der Waals surface area contributed by atoms with E-state index in [4.69, 9.17) is 4.52 Å². The fraction of sp³-hybridized carbons (Fsp3) is 0.250. The molecular weight excluding hydrogens is 426 g/mol. The molecule has 0 saturated carbocycles. The van der Waals surface area contributed by atoms with Crippen LogP contribution in [0.15, 0.2) is 62.4 Å². The van der Waals surface area contributed by atoms with E-state index in [2.05, 4.69) is 26.1 Å². The van der Waals surface area contributed by atoms with Crippen molar-refractivity contribution in [3.63, 3.8) is 0 Å². The van der Waals surface area contributed by atoms with Crippen LogP contribution in [0.1, 0.15) is 18.4 Å². The normalized spacial score (nSPS) is 12.0. The summed E-state index contributed by atoms with van der Waals surface area (Å²) in [6.45, 7) is 4.23. The fourth-order valence-electron chi connectivity index (χ4n) is 2.53. The molecule has 5 nitrogen and oxygen atoms in total. The number of benzene rings is 2. The van der Waals surface area contributed by atoms with E-state index in [-0.39, 0.29) is 17.7 Å². The Hall–Kier alpha value is -2.12. The topological polar surface area (TPSA) is 59.2 Å². The molecule has 27 heavy (non-hydrogen) atoms. The smallest absolute Gasteiger partial charge is 0.246 e. The molecule has 0 bridgehead atoms. The van der Waals surface area contributed by atoms with E-state index in [1.54, 1.807) is 11.9 Å². The lowest BCUT2D eigenvalue weighted by Crippen LogP contribution is -2.32. The van der Waals surface area contributed by atoms with E-state index in [0.717, 1.165) is 14.9 Å². The van der Waals surface area contributed by atoms with Crippen molar-refractivity contribution in [3.8, 4) is 11.4 Å². The predicted octanol–water partition coefficient (Wildman–Crippen LogP) is 4.95. The molecule has 1 atom stereocenters. The van der Waals surface area contributed by atoms with Crippen LogP contribution in [0.3, 0.4) is 0 Å². The van der Waals surface area contributed by atoms with E-state index in [9.17, 15) is 4.79 Å². The fourth-order valence-corrected chi connectivity index (χ4v) is 3.91. The summed E-state index contributed by atoms with van der Waals surface area (Å²) in [7, 11) is 1.75. The molecule has 0 N–H and O–H groups in total. The van der Waals surface area contributed by atoms with Gasteiger partial charge < -0.3 is 9.42 Å². The van der Waals surface area contributed by atoms with Crippen molar-refractivity contribution < 1.29 is 9.32 Å². The summed E-state index contributed by atoms with van der Waals surface area (Å²) in [6.07, 6.45) is 0. The number of halogens is 1. The average Bonchev–Trinajstić information content (AvgIpc) is 3.11. The van der Waals surface area contributed by atoms with Gasteiger partial charge in [-0.3, -0.25) is 4.79 Å². The number of rotatable bonds is 6. The highest BCUT2D eigenvalue weighted by atomic mass is 79.9. The molecule has 0 spiro atoms. The molecule has 140 valence electrons. The highest BCUT2D eigenvalue weighted by molar-refractivity contribution is 9.10. The van der Waals surface area contributed by atoms with Crippen molar-refractivity contribution in [2.24, 2.45) is 0 Å². The van der Waals surface area contributed by atoms with E-state index in [1.165, 1.54) is 17.3 Å². The molecule has 0 aliphatic rings. The molecule has 7 heteroatoms. The number of aryl methyl sites for hydroxylation is 1. The molecule has 2 aromatic carbocycles. The third-order valence-electron chi connectivity index (χ3n) is 3.98. The van der Waals surface area contributed by atoms with Gasteiger partial charge in [0.1, 0.15) is 0 Å². The Morgan fingerprint density at radius 3 is 2.70 bits per heavy atom. The Bertz CT molecular complexity index is 927. The van der Waals surface area contributed by atoms with Gasteiger partial charge in [0.25, 0.3) is 0 Å². The van der Waals surface area contributed by atoms with Crippen LogP contribution in [-0.2, 0) is 11.3 Å². The van der Waals surface area contributed by atoms with Crippen LogP contribution in [0.4, 0.5) is 0 Å². The summed E-state index contributed by atoms with van der Waals surface area (Å²) in [4.78, 5) is 19.7. The maximum absolute atomic E-state index is 12.6. The zero-order valence-corrected chi connectivity index (χ0v) is 17.8. The molecule has 1 unspecified atom stereocenters. The second kappa shape index (κ2) is 8.71. The first-order valence-corrected chi connectivity index (χ1v) is 10.2. The summed E-state index contributed by atoms with van der Waals surface area (Å²) >= 11 is 4.97. The van der Waals surface area contributed by atoms with Gasteiger partial charge in [-0.2, -0.15) is 4.98 Å². The molecule has 3 rings (SSSR count). The second-order valence-electron chi connectivity index (χ2n) is 6.29. The van der Waals surface area contributed by atoms with Crippen molar-refractivity contribution in [2.45, 2.75) is 30.5 Å². The number of hydrogen-bond donors (Lipinski definition) is 0. The van der Waals surface area contributed by atoms with Gasteiger partial charge in [0, 0.05) is 22.0 Å². The van der Waals surface area contributed by atoms with Crippen LogP contribution < -0.4 is 0 Å². The van der Waals surface area contributed by atoms with Crippen molar-refractivity contribution in [3.05, 3.63) is 64.5 Å². The lowest BCUT2D eigenvalue weighted by atomic mass is 10.2. The van der Waals surface area contributed by atoms with Gasteiger partial charge in [-0.05, 0) is 38.1 Å². The number of thioether (sulfide) groups is 1. The van der Waals surface area contributed by atoms with Gasteiger partial charge >= 0.3 is 0 Å². The van der Waals surface area contributed by atoms with Gasteiger partial charge in [0.05, 0.1) is 11.8 Å². The lowest BCUT2D eigenvalue weighted by molar-refractivity contribution is -0.129. The Kier molecular flexibility index (Phi) is 6.34. The van der Waals surface area contributed by atoms with Crippen molar-refractivity contribution in [1.82, 2.24) is 15.0 Å². The first-order chi connectivity index (χ1) is 12.9. The maximum atomic E-state index is 12.6. The van der Waals surface area contributed by atoms with Crippen molar-refractivity contribution >= 4 is 33.6 Å². The highest BCUT2D eigenvalue weighted by Gasteiger charge is 2.21. The van der Waals surface area contributed by atoms with Crippen LogP contribution in [-0.4, -0.2) is 33.2 Å². The Labute approximate surface area is 171 Å². The van der Waals surface area contributed by atoms with Crippen LogP contribution in [0, 0.1) is 6.92 Å². The number of amides is 1. The standard InChI is InChI=1S/C20H20BrN3O2S/c1-13-7-9-17(10-8-13)27-14(2)20(25)24(3)12-18-22-19(23-26-18)15-5-4-6-16(21)11-15/h4-11,14H,12H2,1-3H3. The summed E-state index contributed by atoms with van der Waals surface area (Å²) < 4.78 is 6.26. The monoisotopic (exact) mass is 445 g/mol. The Morgan fingerprint density at radius 1 is 1.26 bits per heavy atom.